The van der Waals surface area contributed by atoms with Crippen molar-refractivity contribution in [3.63, 3.8) is 0 Å². The van der Waals surface area contributed by atoms with E-state index in [9.17, 15) is 13.2 Å². The molecule has 0 radical (unpaired) electrons. The number of ether oxygens (including phenoxy) is 1. The molecule has 1 aliphatic heterocycles. The monoisotopic (exact) mass is 379 g/mol. The Morgan fingerprint density at radius 2 is 2.00 bits per heavy atom. The molecule has 0 aliphatic carbocycles. The fourth-order valence-corrected chi connectivity index (χ4v) is 2.97. The van der Waals surface area contributed by atoms with Gasteiger partial charge in [-0.2, -0.15) is 13.2 Å². The van der Waals surface area contributed by atoms with Gasteiger partial charge < -0.3 is 15.8 Å². The number of nitrogen functional groups attached to an aromatic ring is 1. The maximum Gasteiger partial charge on any atom is 0.416 e. The minimum absolute atomic E-state index is 0.0912. The molecule has 3 heterocycles. The summed E-state index contributed by atoms with van der Waals surface area (Å²) in [6.07, 6.45) is -1.94. The lowest BCUT2D eigenvalue weighted by molar-refractivity contribution is -0.137. The number of nitrogens with zero attached hydrogens (tertiary/aromatic N) is 2. The Bertz CT molecular complexity index is 847. The molecule has 6 nitrogen and oxygen atoms in total. The number of pyridine rings is 2. The predicted octanol–water partition coefficient (Wildman–Crippen LogP) is 3.39. The summed E-state index contributed by atoms with van der Waals surface area (Å²) in [6.45, 7) is 2.99. The van der Waals surface area contributed by atoms with E-state index in [0.29, 0.717) is 24.7 Å². The first kappa shape index (κ1) is 19.1. The standard InChI is InChI=1S/C18H20F3N5O/c1-10-8-13(22)15(17(25-10)26-12-3-6-27-7-4-12)16(23)14-9-11(2-5-24-14)18(19,20)21/h2,5,8-9,12,23H,3-4,6-7H2,1H3,(H3,22,25,26). The van der Waals surface area contributed by atoms with Crippen molar-refractivity contribution in [2.45, 2.75) is 32.0 Å². The molecular formula is C18H20F3N5O. The van der Waals surface area contributed by atoms with Crippen LogP contribution in [0.4, 0.5) is 24.7 Å². The van der Waals surface area contributed by atoms with E-state index in [-0.39, 0.29) is 28.7 Å². The zero-order chi connectivity index (χ0) is 19.6. The van der Waals surface area contributed by atoms with Crippen LogP contribution in [0.15, 0.2) is 24.4 Å². The SMILES string of the molecule is Cc1cc(N)c(C(=N)c2cc(C(F)(F)F)ccn2)c(NC2CCOCC2)n1. The topological polar surface area (TPSA) is 96.9 Å². The van der Waals surface area contributed by atoms with Crippen molar-refractivity contribution < 1.29 is 17.9 Å². The lowest BCUT2D eigenvalue weighted by Gasteiger charge is -2.25. The molecule has 0 saturated carbocycles. The van der Waals surface area contributed by atoms with Crippen LogP contribution >= 0.6 is 0 Å². The number of halogens is 3. The van der Waals surface area contributed by atoms with E-state index in [1.807, 2.05) is 0 Å². The molecule has 0 spiro atoms. The van der Waals surface area contributed by atoms with Crippen LogP contribution in [0.2, 0.25) is 0 Å². The van der Waals surface area contributed by atoms with Crippen molar-refractivity contribution in [2.75, 3.05) is 24.3 Å². The van der Waals surface area contributed by atoms with Gasteiger partial charge in [-0.1, -0.05) is 0 Å². The maximum absolute atomic E-state index is 13.0. The molecule has 0 aromatic carbocycles. The van der Waals surface area contributed by atoms with E-state index in [1.165, 1.54) is 0 Å². The number of nitrogens with two attached hydrogens (primary N) is 1. The molecule has 3 rings (SSSR count). The largest absolute Gasteiger partial charge is 0.416 e. The zero-order valence-corrected chi connectivity index (χ0v) is 14.7. The minimum atomic E-state index is -4.52. The van der Waals surface area contributed by atoms with Crippen LogP contribution in [0.5, 0.6) is 0 Å². The van der Waals surface area contributed by atoms with Crippen molar-refractivity contribution >= 4 is 17.2 Å². The molecule has 4 N–H and O–H groups in total. The average molecular weight is 379 g/mol. The van der Waals surface area contributed by atoms with E-state index < -0.39 is 11.7 Å². The normalized spacial score (nSPS) is 15.6. The Balaban J connectivity index is 1.98. The second-order valence-corrected chi connectivity index (χ2v) is 6.41. The van der Waals surface area contributed by atoms with E-state index in [1.54, 1.807) is 13.0 Å². The molecule has 0 unspecified atom stereocenters. The third kappa shape index (κ3) is 4.36. The van der Waals surface area contributed by atoms with Gasteiger partial charge in [-0.05, 0) is 38.0 Å². The van der Waals surface area contributed by atoms with Gasteiger partial charge in [0.1, 0.15) is 5.82 Å². The van der Waals surface area contributed by atoms with Crippen molar-refractivity contribution in [1.29, 1.82) is 5.41 Å². The van der Waals surface area contributed by atoms with E-state index in [0.717, 1.165) is 31.2 Å². The number of aryl methyl sites for hydroxylation is 1. The number of alkyl halides is 3. The van der Waals surface area contributed by atoms with Gasteiger partial charge in [-0.3, -0.25) is 10.4 Å². The summed E-state index contributed by atoms with van der Waals surface area (Å²) < 4.78 is 44.3. The molecule has 0 bridgehead atoms. The summed E-state index contributed by atoms with van der Waals surface area (Å²) in [5, 5.41) is 11.7. The van der Waals surface area contributed by atoms with Crippen LogP contribution in [0, 0.1) is 12.3 Å². The van der Waals surface area contributed by atoms with Gasteiger partial charge in [-0.15, -0.1) is 0 Å². The molecule has 2 aromatic rings. The van der Waals surface area contributed by atoms with Crippen molar-refractivity contribution in [3.05, 3.63) is 46.9 Å². The number of hydrogen-bond acceptors (Lipinski definition) is 6. The smallest absolute Gasteiger partial charge is 0.398 e. The molecule has 1 aliphatic rings. The van der Waals surface area contributed by atoms with E-state index >= 15 is 0 Å². The molecule has 2 aromatic heterocycles. The second kappa shape index (κ2) is 7.51. The van der Waals surface area contributed by atoms with Gasteiger partial charge in [0.15, 0.2) is 0 Å². The molecule has 0 amide bonds. The first-order chi connectivity index (χ1) is 12.8. The Hall–Kier alpha value is -2.68. The number of rotatable bonds is 4. The van der Waals surface area contributed by atoms with Crippen molar-refractivity contribution in [2.24, 2.45) is 0 Å². The molecule has 144 valence electrons. The first-order valence-corrected chi connectivity index (χ1v) is 8.49. The first-order valence-electron chi connectivity index (χ1n) is 8.49. The van der Waals surface area contributed by atoms with E-state index in [4.69, 9.17) is 15.9 Å². The Labute approximate surface area is 154 Å². The highest BCUT2D eigenvalue weighted by atomic mass is 19.4. The Morgan fingerprint density at radius 1 is 1.30 bits per heavy atom. The third-order valence-electron chi connectivity index (χ3n) is 4.33. The lowest BCUT2D eigenvalue weighted by Crippen LogP contribution is -2.29. The molecular weight excluding hydrogens is 359 g/mol. The summed E-state index contributed by atoms with van der Waals surface area (Å²) in [7, 11) is 0. The summed E-state index contributed by atoms with van der Waals surface area (Å²) in [5.41, 5.74) is 6.07. The summed E-state index contributed by atoms with van der Waals surface area (Å²) >= 11 is 0. The second-order valence-electron chi connectivity index (χ2n) is 6.41. The quantitative estimate of drug-likeness (QED) is 0.708. The number of hydrogen-bond donors (Lipinski definition) is 3. The fraction of sp³-hybridized carbons (Fsp3) is 0.389. The maximum atomic E-state index is 13.0. The van der Waals surface area contributed by atoms with Gasteiger partial charge >= 0.3 is 6.18 Å². The lowest BCUT2D eigenvalue weighted by atomic mass is 10.0. The zero-order valence-electron chi connectivity index (χ0n) is 14.7. The van der Waals surface area contributed by atoms with Crippen LogP contribution in [-0.4, -0.2) is 34.9 Å². The highest BCUT2D eigenvalue weighted by Crippen LogP contribution is 2.31. The van der Waals surface area contributed by atoms with Crippen molar-refractivity contribution in [1.82, 2.24) is 9.97 Å². The van der Waals surface area contributed by atoms with Gasteiger partial charge in [0.05, 0.1) is 22.5 Å². The molecule has 0 atom stereocenters. The third-order valence-corrected chi connectivity index (χ3v) is 4.33. The number of aromatic nitrogens is 2. The van der Waals surface area contributed by atoms with Crippen LogP contribution < -0.4 is 11.1 Å². The highest BCUT2D eigenvalue weighted by Gasteiger charge is 2.31. The van der Waals surface area contributed by atoms with Crippen LogP contribution in [0.25, 0.3) is 0 Å². The summed E-state index contributed by atoms with van der Waals surface area (Å²) in [5.74, 6) is 0.378. The molecule has 27 heavy (non-hydrogen) atoms. The van der Waals surface area contributed by atoms with Crippen LogP contribution in [0.3, 0.4) is 0 Å². The average Bonchev–Trinajstić information content (AvgIpc) is 2.61. The van der Waals surface area contributed by atoms with Gasteiger partial charge in [0, 0.05) is 36.8 Å². The molecule has 9 heteroatoms. The van der Waals surface area contributed by atoms with Gasteiger partial charge in [0.2, 0.25) is 0 Å². The summed E-state index contributed by atoms with van der Waals surface area (Å²) in [4.78, 5) is 8.35. The Morgan fingerprint density at radius 3 is 2.67 bits per heavy atom. The van der Waals surface area contributed by atoms with E-state index in [2.05, 4.69) is 15.3 Å². The minimum Gasteiger partial charge on any atom is -0.398 e. The predicted molar refractivity (Wildman–Crippen MR) is 96.0 cm³/mol. The number of anilines is 2. The molecule has 1 fully saturated rings. The van der Waals surface area contributed by atoms with Crippen LogP contribution in [-0.2, 0) is 10.9 Å². The summed E-state index contributed by atoms with van der Waals surface area (Å²) in [6, 6.07) is 3.40. The van der Waals surface area contributed by atoms with Crippen LogP contribution in [0.1, 0.15) is 35.4 Å². The van der Waals surface area contributed by atoms with Crippen molar-refractivity contribution in [3.8, 4) is 0 Å². The van der Waals surface area contributed by atoms with Gasteiger partial charge in [-0.25, -0.2) is 4.98 Å². The molecule has 1 saturated heterocycles. The fourth-order valence-electron chi connectivity index (χ4n) is 2.97. The Kier molecular flexibility index (Phi) is 5.31. The highest BCUT2D eigenvalue weighted by molar-refractivity contribution is 6.15. The number of nitrogens with one attached hydrogen (secondary N) is 2. The van der Waals surface area contributed by atoms with Gasteiger partial charge in [0.25, 0.3) is 0 Å².